The molecule has 98 valence electrons. The molecule has 3 heteroatoms. The van der Waals surface area contributed by atoms with Crippen molar-refractivity contribution in [2.24, 2.45) is 5.92 Å². The van der Waals surface area contributed by atoms with Gasteiger partial charge in [-0.15, -0.1) is 0 Å². The van der Waals surface area contributed by atoms with E-state index in [9.17, 15) is 4.79 Å². The van der Waals surface area contributed by atoms with Crippen LogP contribution in [0.2, 0.25) is 0 Å². The van der Waals surface area contributed by atoms with Gasteiger partial charge in [-0.3, -0.25) is 4.79 Å². The van der Waals surface area contributed by atoms with E-state index in [0.717, 1.165) is 17.3 Å². The summed E-state index contributed by atoms with van der Waals surface area (Å²) in [6, 6.07) is 8.58. The molecule has 1 amide bonds. The average Bonchev–Trinajstić information content (AvgIpc) is 2.77. The van der Waals surface area contributed by atoms with Crippen molar-refractivity contribution >= 4 is 17.3 Å². The van der Waals surface area contributed by atoms with Gasteiger partial charge in [0.25, 0.3) is 0 Å². The van der Waals surface area contributed by atoms with Crippen molar-refractivity contribution in [3.05, 3.63) is 24.3 Å². The fourth-order valence-electron chi connectivity index (χ4n) is 2.47. The highest BCUT2D eigenvalue weighted by Gasteiger charge is 2.22. The van der Waals surface area contributed by atoms with Crippen LogP contribution in [0.5, 0.6) is 0 Å². The number of carbonyl (C=O) groups is 1. The molecule has 0 heterocycles. The van der Waals surface area contributed by atoms with Gasteiger partial charge in [-0.05, 0) is 43.0 Å². The van der Waals surface area contributed by atoms with Gasteiger partial charge in [0, 0.05) is 23.8 Å². The molecule has 0 bridgehead atoms. The van der Waals surface area contributed by atoms with E-state index in [2.05, 4.69) is 17.6 Å². The van der Waals surface area contributed by atoms with Crippen LogP contribution in [0.15, 0.2) is 24.3 Å². The van der Waals surface area contributed by atoms with Gasteiger partial charge in [0.1, 0.15) is 0 Å². The summed E-state index contributed by atoms with van der Waals surface area (Å²) in [5.74, 6) is 0.810. The second kappa shape index (κ2) is 5.89. The smallest absolute Gasteiger partial charge is 0.224 e. The van der Waals surface area contributed by atoms with Gasteiger partial charge in [-0.1, -0.05) is 20.3 Å². The molecule has 0 radical (unpaired) electrons. The first kappa shape index (κ1) is 12.9. The zero-order chi connectivity index (χ0) is 13.0. The van der Waals surface area contributed by atoms with E-state index in [1.807, 2.05) is 31.2 Å². The summed E-state index contributed by atoms with van der Waals surface area (Å²) in [4.78, 5) is 11.3. The Morgan fingerprint density at radius 1 is 1.22 bits per heavy atom. The normalized spacial score (nSPS) is 22.8. The molecule has 18 heavy (non-hydrogen) atoms. The monoisotopic (exact) mass is 246 g/mol. The van der Waals surface area contributed by atoms with Gasteiger partial charge in [0.15, 0.2) is 0 Å². The second-order valence-electron chi connectivity index (χ2n) is 5.14. The van der Waals surface area contributed by atoms with Crippen molar-refractivity contribution in [2.75, 3.05) is 10.6 Å². The first-order chi connectivity index (χ1) is 8.69. The predicted molar refractivity (Wildman–Crippen MR) is 75.8 cm³/mol. The van der Waals surface area contributed by atoms with Crippen molar-refractivity contribution in [1.82, 2.24) is 0 Å². The second-order valence-corrected chi connectivity index (χ2v) is 5.14. The number of hydrogen-bond donors (Lipinski definition) is 2. The minimum Gasteiger partial charge on any atom is -0.382 e. The topological polar surface area (TPSA) is 41.1 Å². The molecule has 2 atom stereocenters. The van der Waals surface area contributed by atoms with Crippen LogP contribution in [0, 0.1) is 5.92 Å². The fourth-order valence-corrected chi connectivity index (χ4v) is 2.47. The van der Waals surface area contributed by atoms with Gasteiger partial charge in [0.2, 0.25) is 5.91 Å². The zero-order valence-corrected chi connectivity index (χ0v) is 11.2. The van der Waals surface area contributed by atoms with Crippen LogP contribution >= 0.6 is 0 Å². The highest BCUT2D eigenvalue weighted by Crippen LogP contribution is 2.28. The molecule has 0 aliphatic heterocycles. The number of carbonyl (C=O) groups excluding carboxylic acids is 1. The number of amides is 1. The highest BCUT2D eigenvalue weighted by molar-refractivity contribution is 5.90. The Morgan fingerprint density at radius 2 is 1.89 bits per heavy atom. The third-order valence-corrected chi connectivity index (χ3v) is 3.70. The molecule has 1 aliphatic carbocycles. The number of nitrogens with one attached hydrogen (secondary N) is 2. The van der Waals surface area contributed by atoms with Crippen LogP contribution < -0.4 is 10.6 Å². The van der Waals surface area contributed by atoms with Crippen LogP contribution in [0.4, 0.5) is 11.4 Å². The van der Waals surface area contributed by atoms with E-state index in [1.165, 1.54) is 19.3 Å². The molecule has 0 spiro atoms. The molecular formula is C15H22N2O. The van der Waals surface area contributed by atoms with Crippen LogP contribution in [0.25, 0.3) is 0 Å². The molecule has 0 aromatic heterocycles. The summed E-state index contributed by atoms with van der Waals surface area (Å²) in [5.41, 5.74) is 2.01. The zero-order valence-electron chi connectivity index (χ0n) is 11.2. The van der Waals surface area contributed by atoms with E-state index in [1.54, 1.807) is 0 Å². The number of benzene rings is 1. The van der Waals surface area contributed by atoms with Crippen molar-refractivity contribution in [2.45, 2.75) is 45.6 Å². The van der Waals surface area contributed by atoms with Crippen molar-refractivity contribution < 1.29 is 4.79 Å². The largest absolute Gasteiger partial charge is 0.382 e. The standard InChI is InChI=1S/C15H22N2O/c1-3-15(18)17-13-9-7-12(8-10-13)16-14-6-4-5-11(14)2/h7-11,14,16H,3-6H2,1-2H3,(H,17,18). The Labute approximate surface area is 109 Å². The van der Waals surface area contributed by atoms with Crippen LogP contribution in [0.3, 0.4) is 0 Å². The van der Waals surface area contributed by atoms with E-state index < -0.39 is 0 Å². The molecule has 2 unspecified atom stereocenters. The maximum Gasteiger partial charge on any atom is 0.224 e. The first-order valence-corrected chi connectivity index (χ1v) is 6.85. The summed E-state index contributed by atoms with van der Waals surface area (Å²) in [7, 11) is 0. The average molecular weight is 246 g/mol. The lowest BCUT2D eigenvalue weighted by Crippen LogP contribution is -2.21. The van der Waals surface area contributed by atoms with Crippen molar-refractivity contribution in [1.29, 1.82) is 0 Å². The fraction of sp³-hybridized carbons (Fsp3) is 0.533. The number of rotatable bonds is 4. The minimum absolute atomic E-state index is 0.0557. The Bertz CT molecular complexity index is 399. The summed E-state index contributed by atoms with van der Waals surface area (Å²) in [5, 5.41) is 6.43. The summed E-state index contributed by atoms with van der Waals surface area (Å²) in [6.45, 7) is 4.16. The third kappa shape index (κ3) is 3.25. The lowest BCUT2D eigenvalue weighted by atomic mass is 10.1. The van der Waals surface area contributed by atoms with Gasteiger partial charge >= 0.3 is 0 Å². The molecule has 1 aliphatic rings. The van der Waals surface area contributed by atoms with E-state index in [4.69, 9.17) is 0 Å². The van der Waals surface area contributed by atoms with Crippen LogP contribution in [-0.2, 0) is 4.79 Å². The Kier molecular flexibility index (Phi) is 4.24. The minimum atomic E-state index is 0.0557. The Hall–Kier alpha value is -1.51. The van der Waals surface area contributed by atoms with E-state index in [-0.39, 0.29) is 5.91 Å². The van der Waals surface area contributed by atoms with Crippen molar-refractivity contribution in [3.8, 4) is 0 Å². The molecule has 2 rings (SSSR count). The molecular weight excluding hydrogens is 224 g/mol. The molecule has 3 nitrogen and oxygen atoms in total. The van der Waals surface area contributed by atoms with Crippen LogP contribution in [-0.4, -0.2) is 11.9 Å². The van der Waals surface area contributed by atoms with Crippen molar-refractivity contribution in [3.63, 3.8) is 0 Å². The molecule has 2 N–H and O–H groups in total. The Balaban J connectivity index is 1.93. The Morgan fingerprint density at radius 3 is 2.44 bits per heavy atom. The SMILES string of the molecule is CCC(=O)Nc1ccc(NC2CCCC2C)cc1. The number of anilines is 2. The maximum absolute atomic E-state index is 11.3. The quantitative estimate of drug-likeness (QED) is 0.851. The summed E-state index contributed by atoms with van der Waals surface area (Å²) >= 11 is 0. The van der Waals surface area contributed by atoms with Gasteiger partial charge in [-0.25, -0.2) is 0 Å². The van der Waals surface area contributed by atoms with Gasteiger partial charge in [0.05, 0.1) is 0 Å². The maximum atomic E-state index is 11.3. The van der Waals surface area contributed by atoms with Gasteiger partial charge in [-0.2, -0.15) is 0 Å². The first-order valence-electron chi connectivity index (χ1n) is 6.85. The third-order valence-electron chi connectivity index (χ3n) is 3.70. The van der Waals surface area contributed by atoms with Gasteiger partial charge < -0.3 is 10.6 Å². The molecule has 1 saturated carbocycles. The molecule has 1 aromatic carbocycles. The molecule has 1 fully saturated rings. The predicted octanol–water partition coefficient (Wildman–Crippen LogP) is 3.64. The highest BCUT2D eigenvalue weighted by atomic mass is 16.1. The molecule has 1 aromatic rings. The summed E-state index contributed by atoms with van der Waals surface area (Å²) in [6.07, 6.45) is 4.42. The lowest BCUT2D eigenvalue weighted by Gasteiger charge is -2.18. The van der Waals surface area contributed by atoms with Crippen LogP contribution in [0.1, 0.15) is 39.5 Å². The number of hydrogen-bond acceptors (Lipinski definition) is 2. The van der Waals surface area contributed by atoms with E-state index in [0.29, 0.717) is 12.5 Å². The molecule has 0 saturated heterocycles. The lowest BCUT2D eigenvalue weighted by molar-refractivity contribution is -0.115. The summed E-state index contributed by atoms with van der Waals surface area (Å²) < 4.78 is 0. The van der Waals surface area contributed by atoms with E-state index >= 15 is 0 Å².